The number of alkyl halides is 3. The van der Waals surface area contributed by atoms with Crippen LogP contribution in [0.2, 0.25) is 0 Å². The number of amides is 4. The number of rotatable bonds is 5. The van der Waals surface area contributed by atoms with Crippen molar-refractivity contribution in [1.82, 2.24) is 14.8 Å². The van der Waals surface area contributed by atoms with Crippen LogP contribution in [0.3, 0.4) is 0 Å². The summed E-state index contributed by atoms with van der Waals surface area (Å²) < 4.78 is 41.7. The minimum atomic E-state index is -4.60. The standard InChI is InChI=1S/C30H27F3N4O2/c1-3-35-27-20(2)17-23(30(31,32)33)18-26(27)37(24-10-5-4-6-11-24)29(39)36(28(35)38)19-22-9-7-8-12-25(22)21-13-15-34-16-14-21/h4-18,20,27H,3,19H2,1-2H3. The van der Waals surface area contributed by atoms with Gasteiger partial charge in [-0.1, -0.05) is 55.5 Å². The van der Waals surface area contributed by atoms with Crippen molar-refractivity contribution in [1.29, 1.82) is 0 Å². The third kappa shape index (κ3) is 4.92. The van der Waals surface area contributed by atoms with Gasteiger partial charge in [0.25, 0.3) is 0 Å². The van der Waals surface area contributed by atoms with Crippen molar-refractivity contribution >= 4 is 17.7 Å². The lowest BCUT2D eigenvalue weighted by Gasteiger charge is -2.38. The second-order valence-corrected chi connectivity index (χ2v) is 9.49. The fourth-order valence-electron chi connectivity index (χ4n) is 5.29. The van der Waals surface area contributed by atoms with E-state index in [1.807, 2.05) is 36.4 Å². The topological polar surface area (TPSA) is 56.8 Å². The lowest BCUT2D eigenvalue weighted by Crippen LogP contribution is -2.49. The number of imide groups is 1. The van der Waals surface area contributed by atoms with Gasteiger partial charge >= 0.3 is 18.2 Å². The van der Waals surface area contributed by atoms with Crippen LogP contribution in [0.25, 0.3) is 11.1 Å². The molecule has 5 rings (SSSR count). The van der Waals surface area contributed by atoms with E-state index in [0.717, 1.165) is 33.7 Å². The molecule has 2 atom stereocenters. The molecular formula is C30H27F3N4O2. The normalized spacial score (nSPS) is 19.9. The highest BCUT2D eigenvalue weighted by Crippen LogP contribution is 2.41. The molecular weight excluding hydrogens is 505 g/mol. The number of pyridine rings is 1. The van der Waals surface area contributed by atoms with Crippen LogP contribution in [0.4, 0.5) is 28.4 Å². The van der Waals surface area contributed by atoms with Crippen LogP contribution in [0.5, 0.6) is 0 Å². The van der Waals surface area contributed by atoms with Crippen molar-refractivity contribution in [3.63, 3.8) is 0 Å². The summed E-state index contributed by atoms with van der Waals surface area (Å²) in [5, 5.41) is 0. The summed E-state index contributed by atoms with van der Waals surface area (Å²) in [5.41, 5.74) is 2.07. The third-order valence-corrected chi connectivity index (χ3v) is 7.06. The van der Waals surface area contributed by atoms with Crippen molar-refractivity contribution in [2.45, 2.75) is 32.6 Å². The molecule has 200 valence electrons. The first-order valence-electron chi connectivity index (χ1n) is 12.7. The van der Waals surface area contributed by atoms with Crippen LogP contribution in [0.1, 0.15) is 19.4 Å². The minimum Gasteiger partial charge on any atom is -0.315 e. The Morgan fingerprint density at radius 3 is 2.23 bits per heavy atom. The number of carbonyl (C=O) groups excluding carboxylic acids is 2. The maximum atomic E-state index is 14.2. The highest BCUT2D eigenvalue weighted by atomic mass is 19.4. The third-order valence-electron chi connectivity index (χ3n) is 7.06. The largest absolute Gasteiger partial charge is 0.416 e. The monoisotopic (exact) mass is 532 g/mol. The molecule has 2 aromatic carbocycles. The number of halogens is 3. The lowest BCUT2D eigenvalue weighted by molar-refractivity contribution is -0.0892. The van der Waals surface area contributed by atoms with E-state index in [9.17, 15) is 22.8 Å². The van der Waals surface area contributed by atoms with Gasteiger partial charge in [0.2, 0.25) is 0 Å². The van der Waals surface area contributed by atoms with Gasteiger partial charge in [0.1, 0.15) is 0 Å². The van der Waals surface area contributed by atoms with Gasteiger partial charge in [-0.3, -0.25) is 9.88 Å². The van der Waals surface area contributed by atoms with E-state index in [2.05, 4.69) is 4.98 Å². The number of likely N-dealkylation sites (N-methyl/N-ethyl adjacent to an activating group) is 1. The van der Waals surface area contributed by atoms with Gasteiger partial charge in [0.15, 0.2) is 0 Å². The van der Waals surface area contributed by atoms with E-state index < -0.39 is 35.8 Å². The fourth-order valence-corrected chi connectivity index (χ4v) is 5.29. The molecule has 1 saturated heterocycles. The van der Waals surface area contributed by atoms with Gasteiger partial charge in [0.05, 0.1) is 29.5 Å². The Kier molecular flexibility index (Phi) is 6.99. The van der Waals surface area contributed by atoms with Gasteiger partial charge in [-0.15, -0.1) is 0 Å². The molecule has 6 nitrogen and oxygen atoms in total. The maximum absolute atomic E-state index is 14.2. The van der Waals surface area contributed by atoms with Crippen molar-refractivity contribution in [2.24, 2.45) is 5.92 Å². The minimum absolute atomic E-state index is 0.0655. The molecule has 0 radical (unpaired) electrons. The summed E-state index contributed by atoms with van der Waals surface area (Å²) in [7, 11) is 0. The number of anilines is 1. The van der Waals surface area contributed by atoms with Crippen molar-refractivity contribution in [3.05, 3.63) is 108 Å². The first-order chi connectivity index (χ1) is 18.7. The fraction of sp³-hybridized carbons (Fsp3) is 0.233. The second kappa shape index (κ2) is 10.4. The van der Waals surface area contributed by atoms with Gasteiger partial charge in [-0.2, -0.15) is 13.2 Å². The number of urea groups is 2. The van der Waals surface area contributed by atoms with Crippen LogP contribution < -0.4 is 4.90 Å². The smallest absolute Gasteiger partial charge is 0.315 e. The summed E-state index contributed by atoms with van der Waals surface area (Å²) in [6.07, 6.45) is 0.850. The van der Waals surface area contributed by atoms with Crippen LogP contribution in [-0.4, -0.2) is 45.6 Å². The number of fused-ring (bicyclic) bond motifs is 1. The number of benzene rings is 2. The van der Waals surface area contributed by atoms with E-state index in [1.54, 1.807) is 56.6 Å². The van der Waals surface area contributed by atoms with Crippen LogP contribution >= 0.6 is 0 Å². The Morgan fingerprint density at radius 1 is 0.897 bits per heavy atom. The van der Waals surface area contributed by atoms with E-state index in [4.69, 9.17) is 0 Å². The SMILES string of the molecule is CCN1C(=O)N(Cc2ccccc2-c2ccncc2)C(=O)N(c2ccccc2)C2=CC(C(F)(F)F)=CC(C)C21. The van der Waals surface area contributed by atoms with E-state index in [-0.39, 0.29) is 18.8 Å². The zero-order chi connectivity index (χ0) is 27.7. The number of para-hydroxylation sites is 1. The molecule has 1 fully saturated rings. The number of aromatic nitrogens is 1. The highest BCUT2D eigenvalue weighted by molar-refractivity contribution is 6.06. The number of allylic oxidation sites excluding steroid dienone is 2. The number of hydrogen-bond donors (Lipinski definition) is 0. The molecule has 9 heteroatoms. The Hall–Kier alpha value is -4.40. The summed E-state index contributed by atoms with van der Waals surface area (Å²) in [5.74, 6) is -0.686. The molecule has 2 heterocycles. The van der Waals surface area contributed by atoms with E-state index >= 15 is 0 Å². The van der Waals surface area contributed by atoms with Crippen LogP contribution in [0, 0.1) is 5.92 Å². The van der Waals surface area contributed by atoms with E-state index in [0.29, 0.717) is 5.69 Å². The van der Waals surface area contributed by atoms with Gasteiger partial charge < -0.3 is 4.90 Å². The summed E-state index contributed by atoms with van der Waals surface area (Å²) in [6.45, 7) is 3.54. The predicted molar refractivity (Wildman–Crippen MR) is 142 cm³/mol. The molecule has 0 bridgehead atoms. The molecule has 1 aromatic heterocycles. The van der Waals surface area contributed by atoms with Crippen molar-refractivity contribution in [2.75, 3.05) is 11.4 Å². The number of carbonyl (C=O) groups is 2. The lowest BCUT2D eigenvalue weighted by atomic mass is 9.88. The van der Waals surface area contributed by atoms with Gasteiger partial charge in [-0.25, -0.2) is 14.5 Å². The van der Waals surface area contributed by atoms with Crippen molar-refractivity contribution in [3.8, 4) is 11.1 Å². The summed E-state index contributed by atoms with van der Waals surface area (Å²) in [6, 6.07) is 17.5. The Bertz CT molecular complexity index is 1440. The van der Waals surface area contributed by atoms with Gasteiger partial charge in [0, 0.05) is 24.9 Å². The quantitative estimate of drug-likeness (QED) is 0.355. The Labute approximate surface area is 224 Å². The Morgan fingerprint density at radius 2 is 1.56 bits per heavy atom. The number of nitrogens with zero attached hydrogens (tertiary/aromatic N) is 4. The molecule has 0 N–H and O–H groups in total. The van der Waals surface area contributed by atoms with Crippen LogP contribution in [0.15, 0.2) is 103 Å². The predicted octanol–water partition coefficient (Wildman–Crippen LogP) is 7.02. The average Bonchev–Trinajstić information content (AvgIpc) is 3.02. The molecule has 2 unspecified atom stereocenters. The zero-order valence-electron chi connectivity index (χ0n) is 21.5. The molecule has 4 amide bonds. The first-order valence-corrected chi connectivity index (χ1v) is 12.7. The second-order valence-electron chi connectivity index (χ2n) is 9.49. The molecule has 3 aromatic rings. The zero-order valence-corrected chi connectivity index (χ0v) is 21.5. The van der Waals surface area contributed by atoms with Crippen LogP contribution in [-0.2, 0) is 6.54 Å². The average molecular weight is 533 g/mol. The van der Waals surface area contributed by atoms with Gasteiger partial charge in [-0.05, 0) is 54.0 Å². The van der Waals surface area contributed by atoms with Crippen molar-refractivity contribution < 1.29 is 22.8 Å². The molecule has 0 spiro atoms. The Balaban J connectivity index is 1.66. The maximum Gasteiger partial charge on any atom is 0.416 e. The summed E-state index contributed by atoms with van der Waals surface area (Å²) >= 11 is 0. The molecule has 2 aliphatic rings. The number of hydrogen-bond acceptors (Lipinski definition) is 3. The first kappa shape index (κ1) is 26.2. The summed E-state index contributed by atoms with van der Waals surface area (Å²) in [4.78, 5) is 36.2. The molecule has 39 heavy (non-hydrogen) atoms. The molecule has 1 aliphatic carbocycles. The molecule has 1 aliphatic heterocycles. The van der Waals surface area contributed by atoms with E-state index in [1.165, 1.54) is 9.80 Å². The highest BCUT2D eigenvalue weighted by Gasteiger charge is 2.47. The molecule has 0 saturated carbocycles.